The summed E-state index contributed by atoms with van der Waals surface area (Å²) >= 11 is 0. The van der Waals surface area contributed by atoms with Gasteiger partial charge in [-0.15, -0.1) is 10.2 Å². The third-order valence-corrected chi connectivity index (χ3v) is 7.21. The van der Waals surface area contributed by atoms with Gasteiger partial charge < -0.3 is 10.6 Å². The van der Waals surface area contributed by atoms with Gasteiger partial charge in [-0.3, -0.25) is 9.59 Å². The van der Waals surface area contributed by atoms with Crippen LogP contribution >= 0.6 is 0 Å². The first-order chi connectivity index (χ1) is 20.3. The summed E-state index contributed by atoms with van der Waals surface area (Å²) in [6, 6.07) is 13.6. The quantitative estimate of drug-likeness (QED) is 0.263. The lowest BCUT2D eigenvalue weighted by Gasteiger charge is -2.28. The molecule has 8 nitrogen and oxygen atoms in total. The third-order valence-electron chi connectivity index (χ3n) is 7.21. The van der Waals surface area contributed by atoms with Crippen LogP contribution in [0.15, 0.2) is 60.7 Å². The van der Waals surface area contributed by atoms with E-state index in [1.54, 1.807) is 24.3 Å². The van der Waals surface area contributed by atoms with E-state index in [-0.39, 0.29) is 34.6 Å². The van der Waals surface area contributed by atoms with Crippen LogP contribution in [0.4, 0.5) is 29.2 Å². The first-order valence-electron chi connectivity index (χ1n) is 13.4. The van der Waals surface area contributed by atoms with Crippen LogP contribution in [-0.2, 0) is 22.4 Å². The van der Waals surface area contributed by atoms with Crippen molar-refractivity contribution in [1.29, 1.82) is 0 Å². The lowest BCUT2D eigenvalue weighted by atomic mass is 9.78. The van der Waals surface area contributed by atoms with E-state index in [4.69, 9.17) is 0 Å². The van der Waals surface area contributed by atoms with E-state index in [0.717, 1.165) is 61.3 Å². The molecule has 2 amide bonds. The molecule has 2 aromatic heterocycles. The number of carbonyl (C=O) groups is 2. The molecule has 216 valence electrons. The smallest absolute Gasteiger partial charge is 0.230 e. The normalized spacial score (nSPS) is 16.6. The molecule has 2 N–H and O–H groups in total. The van der Waals surface area contributed by atoms with Crippen LogP contribution in [0.3, 0.4) is 0 Å². The highest BCUT2D eigenvalue weighted by Gasteiger charge is 2.27. The number of nitrogens with zero attached hydrogens (tertiary/aromatic N) is 4. The number of anilines is 2. The molecule has 0 saturated heterocycles. The van der Waals surface area contributed by atoms with Gasteiger partial charge in [0.1, 0.15) is 23.3 Å². The molecule has 1 aliphatic carbocycles. The minimum atomic E-state index is -0.793. The molecule has 1 saturated carbocycles. The molecule has 1 fully saturated rings. The Morgan fingerprint density at radius 3 is 1.38 bits per heavy atom. The molecule has 2 atom stereocenters. The number of hydrogen-bond donors (Lipinski definition) is 2. The van der Waals surface area contributed by atoms with Gasteiger partial charge in [-0.2, -0.15) is 10.2 Å². The van der Waals surface area contributed by atoms with Crippen LogP contribution in [0.1, 0.15) is 60.0 Å². The Morgan fingerprint density at radius 2 is 1.02 bits per heavy atom. The van der Waals surface area contributed by atoms with E-state index in [1.165, 1.54) is 12.1 Å². The lowest BCUT2D eigenvalue weighted by molar-refractivity contribution is -0.116. The maximum atomic E-state index is 13.8. The van der Waals surface area contributed by atoms with Crippen molar-refractivity contribution >= 4 is 23.5 Å². The monoisotopic (exact) mass is 578 g/mol. The molecule has 0 bridgehead atoms. The molecule has 0 unspecified atom stereocenters. The molecule has 12 heteroatoms. The Hall–Kier alpha value is -4.74. The van der Waals surface area contributed by atoms with E-state index in [2.05, 4.69) is 31.0 Å². The Bertz CT molecular complexity index is 1430. The summed E-state index contributed by atoms with van der Waals surface area (Å²) in [5.74, 6) is -3.87. The molecule has 2 aromatic carbocycles. The number of benzene rings is 2. The first kappa shape index (κ1) is 28.8. The fourth-order valence-corrected chi connectivity index (χ4v) is 5.08. The van der Waals surface area contributed by atoms with Gasteiger partial charge in [0.05, 0.1) is 24.2 Å². The largest absolute Gasteiger partial charge is 0.309 e. The van der Waals surface area contributed by atoms with Crippen molar-refractivity contribution in [3.05, 3.63) is 106 Å². The number of nitrogens with one attached hydrogen (secondary N) is 2. The fraction of sp³-hybridized carbons (Fsp3) is 0.267. The zero-order valence-corrected chi connectivity index (χ0v) is 22.3. The van der Waals surface area contributed by atoms with Crippen molar-refractivity contribution in [3.63, 3.8) is 0 Å². The van der Waals surface area contributed by atoms with E-state index >= 15 is 0 Å². The molecule has 42 heavy (non-hydrogen) atoms. The summed E-state index contributed by atoms with van der Waals surface area (Å²) < 4.78 is 55.3. The van der Waals surface area contributed by atoms with E-state index < -0.39 is 47.9 Å². The van der Waals surface area contributed by atoms with Gasteiger partial charge in [-0.1, -0.05) is 18.6 Å². The number of aromatic nitrogens is 4. The van der Waals surface area contributed by atoms with E-state index in [0.29, 0.717) is 0 Å². The van der Waals surface area contributed by atoms with Crippen LogP contribution < -0.4 is 10.6 Å². The number of carbonyl (C=O) groups excluding carboxylic acids is 2. The summed E-state index contributed by atoms with van der Waals surface area (Å²) in [6.45, 7) is 0. The van der Waals surface area contributed by atoms with Gasteiger partial charge >= 0.3 is 0 Å². The Labute approximate surface area is 238 Å². The molecule has 5 rings (SSSR count). The highest BCUT2D eigenvalue weighted by Crippen LogP contribution is 2.40. The average Bonchev–Trinajstić information content (AvgIpc) is 2.98. The van der Waals surface area contributed by atoms with Gasteiger partial charge in [0.2, 0.25) is 11.8 Å². The Morgan fingerprint density at radius 1 is 0.619 bits per heavy atom. The number of rotatable bonds is 8. The zero-order chi connectivity index (χ0) is 29.6. The molecular weight excluding hydrogens is 552 g/mol. The van der Waals surface area contributed by atoms with Crippen molar-refractivity contribution in [2.24, 2.45) is 0 Å². The molecule has 0 aliphatic heterocycles. The lowest BCUT2D eigenvalue weighted by Crippen LogP contribution is -2.19. The number of hydrogen-bond acceptors (Lipinski definition) is 6. The van der Waals surface area contributed by atoms with Crippen molar-refractivity contribution in [3.8, 4) is 0 Å². The van der Waals surface area contributed by atoms with Gasteiger partial charge in [0.25, 0.3) is 0 Å². The molecule has 4 aromatic rings. The van der Waals surface area contributed by atoms with Gasteiger partial charge in [-0.05, 0) is 67.8 Å². The second-order valence-electron chi connectivity index (χ2n) is 10.1. The topological polar surface area (TPSA) is 110 Å². The van der Waals surface area contributed by atoms with Gasteiger partial charge in [0, 0.05) is 23.0 Å². The minimum Gasteiger partial charge on any atom is -0.309 e. The van der Waals surface area contributed by atoms with Crippen molar-refractivity contribution in [1.82, 2.24) is 20.4 Å². The van der Waals surface area contributed by atoms with E-state index in [1.807, 2.05) is 0 Å². The average molecular weight is 579 g/mol. The zero-order valence-electron chi connectivity index (χ0n) is 22.3. The molecule has 2 heterocycles. The summed E-state index contributed by atoms with van der Waals surface area (Å²) in [6.07, 6.45) is 2.48. The van der Waals surface area contributed by atoms with Crippen LogP contribution in [0.2, 0.25) is 0 Å². The second-order valence-corrected chi connectivity index (χ2v) is 10.1. The predicted molar refractivity (Wildman–Crippen MR) is 145 cm³/mol. The molecule has 0 radical (unpaired) electrons. The van der Waals surface area contributed by atoms with Crippen molar-refractivity contribution in [2.75, 3.05) is 10.6 Å². The first-order valence-corrected chi connectivity index (χ1v) is 13.4. The highest BCUT2D eigenvalue weighted by atomic mass is 19.1. The van der Waals surface area contributed by atoms with Crippen LogP contribution in [0, 0.1) is 23.3 Å². The van der Waals surface area contributed by atoms with Crippen molar-refractivity contribution < 1.29 is 27.2 Å². The van der Waals surface area contributed by atoms with Crippen LogP contribution in [-0.4, -0.2) is 32.2 Å². The Balaban J connectivity index is 1.16. The van der Waals surface area contributed by atoms with Crippen LogP contribution in [0.5, 0.6) is 0 Å². The minimum absolute atomic E-state index is 0.0883. The number of halogens is 4. The summed E-state index contributed by atoms with van der Waals surface area (Å²) in [5, 5.41) is 21.7. The second kappa shape index (κ2) is 12.8. The van der Waals surface area contributed by atoms with Crippen LogP contribution in [0.25, 0.3) is 0 Å². The standard InChI is InChI=1S/C30H26F4N6O2/c31-21-6-2-7-22(32)19(21)15-29(41)35-27-12-10-25(37-39-27)17-4-1-5-18(14-17)26-11-13-28(40-38-26)36-30(42)16-20-23(33)8-3-9-24(20)34/h2-3,6-13,17-18H,1,4-5,14-16H2,(H,35,39,41)(H,36,40,42)/t17-,18-/m0/s1. The van der Waals surface area contributed by atoms with Gasteiger partial charge in [0.15, 0.2) is 11.6 Å². The summed E-state index contributed by atoms with van der Waals surface area (Å²) in [7, 11) is 0. The molecular formula is C30H26F4N6O2. The highest BCUT2D eigenvalue weighted by molar-refractivity contribution is 5.91. The maximum Gasteiger partial charge on any atom is 0.230 e. The SMILES string of the molecule is O=C(Cc1c(F)cccc1F)Nc1ccc([C@H]2CCC[C@H](c3ccc(NC(=O)Cc4c(F)cccc4F)nn3)C2)nn1. The maximum absolute atomic E-state index is 13.8. The third kappa shape index (κ3) is 6.93. The number of amides is 2. The Kier molecular flexibility index (Phi) is 8.80. The summed E-state index contributed by atoms with van der Waals surface area (Å²) in [5.41, 5.74) is 0.860. The predicted octanol–water partition coefficient (Wildman–Crippen LogP) is 5.63. The van der Waals surface area contributed by atoms with Gasteiger partial charge in [-0.25, -0.2) is 17.6 Å². The molecule has 0 spiro atoms. The summed E-state index contributed by atoms with van der Waals surface area (Å²) in [4.78, 5) is 24.6. The van der Waals surface area contributed by atoms with Crippen molar-refractivity contribution in [2.45, 2.75) is 50.4 Å². The molecule has 1 aliphatic rings. The fourth-order valence-electron chi connectivity index (χ4n) is 5.08. The van der Waals surface area contributed by atoms with E-state index in [9.17, 15) is 27.2 Å².